The fraction of sp³-hybridized carbons (Fsp3) is 0.391. The van der Waals surface area contributed by atoms with Crippen LogP contribution in [0.3, 0.4) is 0 Å². The molecule has 1 unspecified atom stereocenters. The van der Waals surface area contributed by atoms with Crippen molar-refractivity contribution >= 4 is 11.8 Å². The summed E-state index contributed by atoms with van der Waals surface area (Å²) in [7, 11) is 1.64. The first kappa shape index (κ1) is 20.9. The van der Waals surface area contributed by atoms with Gasteiger partial charge in [0.15, 0.2) is 0 Å². The molecule has 29 heavy (non-hydrogen) atoms. The van der Waals surface area contributed by atoms with Crippen LogP contribution in [0.4, 0.5) is 0 Å². The average Bonchev–Trinajstić information content (AvgIpc) is 2.73. The highest BCUT2D eigenvalue weighted by Crippen LogP contribution is 2.16. The van der Waals surface area contributed by atoms with Gasteiger partial charge in [-0.2, -0.15) is 0 Å². The number of benzene rings is 2. The molecule has 1 aliphatic rings. The van der Waals surface area contributed by atoms with Gasteiger partial charge in [-0.1, -0.05) is 36.4 Å². The second-order valence-electron chi connectivity index (χ2n) is 7.36. The second kappa shape index (κ2) is 10.1. The van der Waals surface area contributed by atoms with E-state index < -0.39 is 6.04 Å². The summed E-state index contributed by atoms with van der Waals surface area (Å²) in [6.07, 6.45) is 0.903. The van der Waals surface area contributed by atoms with E-state index in [2.05, 4.69) is 34.6 Å². The molecule has 0 aliphatic carbocycles. The van der Waals surface area contributed by atoms with Crippen LogP contribution in [0.2, 0.25) is 0 Å². The third kappa shape index (κ3) is 5.81. The van der Waals surface area contributed by atoms with Gasteiger partial charge in [0.1, 0.15) is 5.75 Å². The number of carbonyl (C=O) groups excluding carboxylic acids is 2. The number of hydrogen-bond acceptors (Lipinski definition) is 4. The Hall–Kier alpha value is -2.86. The minimum absolute atomic E-state index is 0.0739. The summed E-state index contributed by atoms with van der Waals surface area (Å²) in [4.78, 5) is 27.0. The highest BCUT2D eigenvalue weighted by Gasteiger charge is 2.31. The second-order valence-corrected chi connectivity index (χ2v) is 7.36. The van der Waals surface area contributed by atoms with E-state index >= 15 is 0 Å². The maximum Gasteiger partial charge on any atom is 0.237 e. The average molecular weight is 396 g/mol. The van der Waals surface area contributed by atoms with Crippen molar-refractivity contribution < 1.29 is 14.3 Å². The summed E-state index contributed by atoms with van der Waals surface area (Å²) < 4.78 is 5.15. The lowest BCUT2D eigenvalue weighted by Gasteiger charge is -2.35. The lowest BCUT2D eigenvalue weighted by molar-refractivity contribution is -0.134. The third-order valence-electron chi connectivity index (χ3n) is 5.35. The van der Waals surface area contributed by atoms with Gasteiger partial charge in [-0.15, -0.1) is 0 Å². The smallest absolute Gasteiger partial charge is 0.237 e. The Morgan fingerprint density at radius 3 is 2.69 bits per heavy atom. The fourth-order valence-corrected chi connectivity index (χ4v) is 3.57. The molecular formula is C23H29N3O3. The number of carbonyl (C=O) groups is 2. The van der Waals surface area contributed by atoms with Crippen LogP contribution in [0.5, 0.6) is 5.75 Å². The van der Waals surface area contributed by atoms with Gasteiger partial charge in [0.25, 0.3) is 0 Å². The Bertz CT molecular complexity index is 836. The number of hydrogen-bond donors (Lipinski definition) is 2. The zero-order valence-electron chi connectivity index (χ0n) is 17.1. The molecule has 1 fully saturated rings. The molecule has 3 rings (SSSR count). The van der Waals surface area contributed by atoms with Crippen molar-refractivity contribution in [3.05, 3.63) is 65.2 Å². The highest BCUT2D eigenvalue weighted by atomic mass is 16.5. The van der Waals surface area contributed by atoms with Crippen LogP contribution < -0.4 is 15.4 Å². The normalized spacial score (nSPS) is 16.9. The van der Waals surface area contributed by atoms with Crippen LogP contribution in [0.1, 0.15) is 23.1 Å². The molecule has 0 radical (unpaired) electrons. The van der Waals surface area contributed by atoms with Crippen molar-refractivity contribution in [3.63, 3.8) is 0 Å². The van der Waals surface area contributed by atoms with E-state index in [1.807, 2.05) is 36.4 Å². The molecule has 2 amide bonds. The third-order valence-corrected chi connectivity index (χ3v) is 5.35. The minimum Gasteiger partial charge on any atom is -0.497 e. The zero-order chi connectivity index (χ0) is 20.6. The molecule has 2 aromatic carbocycles. The van der Waals surface area contributed by atoms with Crippen molar-refractivity contribution in [3.8, 4) is 5.75 Å². The molecule has 1 aliphatic heterocycles. The summed E-state index contributed by atoms with van der Waals surface area (Å²) in [6, 6.07) is 15.5. The Balaban J connectivity index is 1.53. The molecule has 6 nitrogen and oxygen atoms in total. The first-order valence-corrected chi connectivity index (χ1v) is 10.0. The van der Waals surface area contributed by atoms with Gasteiger partial charge < -0.3 is 15.4 Å². The van der Waals surface area contributed by atoms with Gasteiger partial charge >= 0.3 is 0 Å². The largest absolute Gasteiger partial charge is 0.497 e. The topological polar surface area (TPSA) is 70.7 Å². The van der Waals surface area contributed by atoms with Crippen molar-refractivity contribution in [2.24, 2.45) is 0 Å². The minimum atomic E-state index is -0.440. The number of ether oxygens (including phenoxy) is 1. The highest BCUT2D eigenvalue weighted by molar-refractivity contribution is 5.88. The molecule has 0 saturated carbocycles. The number of amides is 2. The molecule has 1 atom stereocenters. The summed E-state index contributed by atoms with van der Waals surface area (Å²) in [5.41, 5.74) is 3.51. The van der Waals surface area contributed by atoms with Gasteiger partial charge in [0.05, 0.1) is 19.6 Å². The maximum absolute atomic E-state index is 12.5. The number of aryl methyl sites for hydroxylation is 1. The van der Waals surface area contributed by atoms with Crippen LogP contribution in [0.15, 0.2) is 48.5 Å². The molecule has 6 heteroatoms. The van der Waals surface area contributed by atoms with E-state index in [4.69, 9.17) is 4.74 Å². The molecule has 0 spiro atoms. The Morgan fingerprint density at radius 1 is 1.21 bits per heavy atom. The maximum atomic E-state index is 12.5. The Morgan fingerprint density at radius 2 is 1.97 bits per heavy atom. The number of rotatable bonds is 8. The van der Waals surface area contributed by atoms with Crippen LogP contribution in [0, 0.1) is 6.92 Å². The molecule has 0 aromatic heterocycles. The van der Waals surface area contributed by atoms with Crippen molar-refractivity contribution in [1.82, 2.24) is 15.5 Å². The van der Waals surface area contributed by atoms with Gasteiger partial charge in [-0.3, -0.25) is 14.5 Å². The van der Waals surface area contributed by atoms with E-state index in [1.54, 1.807) is 7.11 Å². The van der Waals surface area contributed by atoms with Crippen LogP contribution >= 0.6 is 0 Å². The van der Waals surface area contributed by atoms with E-state index in [0.29, 0.717) is 19.6 Å². The molecule has 2 N–H and O–H groups in total. The number of nitrogens with zero attached hydrogens (tertiary/aromatic N) is 1. The molecule has 2 aromatic rings. The van der Waals surface area contributed by atoms with Crippen LogP contribution in [-0.2, 0) is 22.6 Å². The Kier molecular flexibility index (Phi) is 7.25. The van der Waals surface area contributed by atoms with E-state index in [0.717, 1.165) is 24.3 Å². The van der Waals surface area contributed by atoms with Gasteiger partial charge in [-0.25, -0.2) is 0 Å². The molecular weight excluding hydrogens is 366 g/mol. The monoisotopic (exact) mass is 395 g/mol. The van der Waals surface area contributed by atoms with Crippen molar-refractivity contribution in [1.29, 1.82) is 0 Å². The van der Waals surface area contributed by atoms with Crippen LogP contribution in [-0.4, -0.2) is 49.5 Å². The number of piperazine rings is 1. The molecule has 1 heterocycles. The standard InChI is InChI=1S/C23H29N3O3/c1-17-5-3-4-6-19(17)16-26-14-13-25-23(28)21(26)15-22(27)24-12-11-18-7-9-20(29-2)10-8-18/h3-10,21H,11-16H2,1-2H3,(H,24,27)(H,25,28). The first-order valence-electron chi connectivity index (χ1n) is 10.0. The summed E-state index contributed by atoms with van der Waals surface area (Å²) in [5, 5.41) is 5.83. The molecule has 154 valence electrons. The quantitative estimate of drug-likeness (QED) is 0.718. The van der Waals surface area contributed by atoms with Gasteiger partial charge in [-0.05, 0) is 42.2 Å². The van der Waals surface area contributed by atoms with E-state index in [1.165, 1.54) is 11.1 Å². The van der Waals surface area contributed by atoms with Crippen LogP contribution in [0.25, 0.3) is 0 Å². The summed E-state index contributed by atoms with van der Waals surface area (Å²) in [6.45, 7) is 4.63. The fourth-order valence-electron chi connectivity index (χ4n) is 3.57. The van der Waals surface area contributed by atoms with Gasteiger partial charge in [0.2, 0.25) is 11.8 Å². The van der Waals surface area contributed by atoms with Crippen molar-refractivity contribution in [2.45, 2.75) is 32.4 Å². The summed E-state index contributed by atoms with van der Waals surface area (Å²) >= 11 is 0. The number of methoxy groups -OCH3 is 1. The lowest BCUT2D eigenvalue weighted by Crippen LogP contribution is -2.56. The molecule has 0 bridgehead atoms. The van der Waals surface area contributed by atoms with E-state index in [9.17, 15) is 9.59 Å². The van der Waals surface area contributed by atoms with Gasteiger partial charge in [0, 0.05) is 26.2 Å². The SMILES string of the molecule is COc1ccc(CCNC(=O)CC2C(=O)NCCN2Cc2ccccc2C)cc1. The number of nitrogens with one attached hydrogen (secondary N) is 2. The lowest BCUT2D eigenvalue weighted by atomic mass is 10.0. The zero-order valence-corrected chi connectivity index (χ0v) is 17.1. The summed E-state index contributed by atoms with van der Waals surface area (Å²) in [5.74, 6) is 0.639. The predicted octanol–water partition coefficient (Wildman–Crippen LogP) is 2.05. The predicted molar refractivity (Wildman–Crippen MR) is 113 cm³/mol. The van der Waals surface area contributed by atoms with Crippen molar-refractivity contribution in [2.75, 3.05) is 26.7 Å². The van der Waals surface area contributed by atoms with E-state index in [-0.39, 0.29) is 18.2 Å². The molecule has 1 saturated heterocycles. The first-order chi connectivity index (χ1) is 14.1. The Labute approximate surface area is 172 Å².